The van der Waals surface area contributed by atoms with Gasteiger partial charge in [0.2, 0.25) is 0 Å². The molecule has 0 aliphatic carbocycles. The number of methoxy groups -OCH3 is 1. The molecule has 2 aromatic rings. The van der Waals surface area contributed by atoms with E-state index >= 15 is 0 Å². The first-order valence-electron chi connectivity index (χ1n) is 7.25. The van der Waals surface area contributed by atoms with Gasteiger partial charge in [-0.05, 0) is 36.8 Å². The Hall–Kier alpha value is -2.29. The summed E-state index contributed by atoms with van der Waals surface area (Å²) in [6.07, 6.45) is 1.02. The van der Waals surface area contributed by atoms with Crippen molar-refractivity contribution < 1.29 is 9.31 Å². The summed E-state index contributed by atoms with van der Waals surface area (Å²) in [5.74, 6) is 1.78. The quantitative estimate of drug-likeness (QED) is 0.878. The molecule has 1 unspecified atom stereocenters. The predicted molar refractivity (Wildman–Crippen MR) is 85.4 cm³/mol. The van der Waals surface area contributed by atoms with Crippen molar-refractivity contribution in [3.05, 3.63) is 60.2 Å². The van der Waals surface area contributed by atoms with Crippen molar-refractivity contribution in [1.29, 1.82) is 0 Å². The highest BCUT2D eigenvalue weighted by atomic mass is 16.5. The average Bonchev–Trinajstić information content (AvgIpc) is 2.85. The minimum absolute atomic E-state index is 0.0960. The maximum absolute atomic E-state index is 6.50. The first kappa shape index (κ1) is 13.7. The van der Waals surface area contributed by atoms with Crippen LogP contribution in [-0.2, 0) is 5.41 Å². The molecule has 0 bridgehead atoms. The molecule has 1 atom stereocenters. The molecule has 2 N–H and O–H groups in total. The Labute approximate surface area is 125 Å². The molecule has 0 fully saturated rings. The molecule has 1 aliphatic rings. The van der Waals surface area contributed by atoms with Gasteiger partial charge in [0, 0.05) is 6.42 Å². The number of amidine groups is 1. The van der Waals surface area contributed by atoms with Crippen LogP contribution in [0.3, 0.4) is 0 Å². The number of rotatable bonds is 3. The molecule has 0 radical (unpaired) electrons. The first-order valence-corrected chi connectivity index (χ1v) is 7.25. The number of nitrogens with zero attached hydrogens (tertiary/aromatic N) is 1. The van der Waals surface area contributed by atoms with Gasteiger partial charge in [-0.1, -0.05) is 30.3 Å². The summed E-state index contributed by atoms with van der Waals surface area (Å²) in [6, 6.07) is 18.6. The Bertz CT molecular complexity index is 661. The minimum Gasteiger partial charge on any atom is -0.497 e. The van der Waals surface area contributed by atoms with Crippen molar-refractivity contribution in [3.8, 4) is 5.75 Å². The van der Waals surface area contributed by atoms with Crippen molar-refractivity contribution in [2.45, 2.75) is 18.8 Å². The van der Waals surface area contributed by atoms with E-state index in [1.165, 1.54) is 5.56 Å². The lowest BCUT2D eigenvalue weighted by Gasteiger charge is -2.20. The third kappa shape index (κ3) is 2.29. The molecule has 1 heterocycles. The Morgan fingerprint density at radius 2 is 1.71 bits per heavy atom. The summed E-state index contributed by atoms with van der Waals surface area (Å²) in [6.45, 7) is 3.16. The first-order chi connectivity index (χ1) is 10.1. The van der Waals surface area contributed by atoms with Crippen molar-refractivity contribution in [3.63, 3.8) is 0 Å². The van der Waals surface area contributed by atoms with Gasteiger partial charge in [0.15, 0.2) is 0 Å². The van der Waals surface area contributed by atoms with Gasteiger partial charge in [0.1, 0.15) is 11.4 Å². The zero-order valence-electron chi connectivity index (χ0n) is 12.5. The largest absolute Gasteiger partial charge is 0.497 e. The number of nitrogens with two attached hydrogens (primary N) is 1. The average molecular weight is 281 g/mol. The van der Waals surface area contributed by atoms with Crippen LogP contribution in [-0.4, -0.2) is 24.1 Å². The molecule has 3 rings (SSSR count). The van der Waals surface area contributed by atoms with Gasteiger partial charge >= 0.3 is 0 Å². The van der Waals surface area contributed by atoms with Crippen molar-refractivity contribution in [2.24, 2.45) is 5.73 Å². The van der Waals surface area contributed by atoms with Crippen LogP contribution in [0, 0.1) is 0 Å². The zero-order chi connectivity index (χ0) is 14.9. The normalized spacial score (nSPS) is 21.6. The SMILES string of the molecule is COc1ccc([N+]2=C(N)C(C)(c3ccccc3)CC2)cc1. The Morgan fingerprint density at radius 1 is 1.05 bits per heavy atom. The number of benzene rings is 2. The van der Waals surface area contributed by atoms with Crippen LogP contribution >= 0.6 is 0 Å². The number of ether oxygens (including phenoxy) is 1. The second-order valence-corrected chi connectivity index (χ2v) is 5.68. The second kappa shape index (κ2) is 5.24. The van der Waals surface area contributed by atoms with Gasteiger partial charge in [-0.25, -0.2) is 4.58 Å². The van der Waals surface area contributed by atoms with Crippen LogP contribution in [0.1, 0.15) is 18.9 Å². The van der Waals surface area contributed by atoms with E-state index in [2.05, 4.69) is 47.9 Å². The van der Waals surface area contributed by atoms with E-state index in [-0.39, 0.29) is 5.41 Å². The predicted octanol–water partition coefficient (Wildman–Crippen LogP) is 3.06. The molecule has 21 heavy (non-hydrogen) atoms. The molecule has 1 aliphatic heterocycles. The molecule has 3 heteroatoms. The fourth-order valence-corrected chi connectivity index (χ4v) is 3.01. The van der Waals surface area contributed by atoms with E-state index < -0.39 is 0 Å². The maximum atomic E-state index is 6.50. The molecule has 2 aromatic carbocycles. The number of hydrogen-bond acceptors (Lipinski definition) is 2. The summed E-state index contributed by atoms with van der Waals surface area (Å²) >= 11 is 0. The topological polar surface area (TPSA) is 38.3 Å². The maximum Gasteiger partial charge on any atom is 0.258 e. The van der Waals surface area contributed by atoms with Gasteiger partial charge in [0.05, 0.1) is 19.1 Å². The highest BCUT2D eigenvalue weighted by Crippen LogP contribution is 2.34. The smallest absolute Gasteiger partial charge is 0.258 e. The van der Waals surface area contributed by atoms with Crippen LogP contribution in [0.25, 0.3) is 0 Å². The summed E-state index contributed by atoms with van der Waals surface area (Å²) < 4.78 is 7.41. The minimum atomic E-state index is -0.0960. The molecule has 0 aromatic heterocycles. The van der Waals surface area contributed by atoms with Gasteiger partial charge in [0.25, 0.3) is 5.84 Å². The molecular weight excluding hydrogens is 260 g/mol. The van der Waals surface area contributed by atoms with Gasteiger partial charge in [-0.2, -0.15) is 0 Å². The Morgan fingerprint density at radius 3 is 2.33 bits per heavy atom. The van der Waals surface area contributed by atoms with Crippen LogP contribution in [0.5, 0.6) is 5.75 Å². The molecular formula is C18H21N2O+. The van der Waals surface area contributed by atoms with Gasteiger partial charge in [-0.15, -0.1) is 0 Å². The monoisotopic (exact) mass is 281 g/mol. The summed E-state index contributed by atoms with van der Waals surface area (Å²) in [5.41, 5.74) is 8.80. The summed E-state index contributed by atoms with van der Waals surface area (Å²) in [5, 5.41) is 0. The van der Waals surface area contributed by atoms with Crippen molar-refractivity contribution in [1.82, 2.24) is 0 Å². The van der Waals surface area contributed by atoms with E-state index in [0.29, 0.717) is 0 Å². The Balaban J connectivity index is 2.00. The highest BCUT2D eigenvalue weighted by Gasteiger charge is 2.43. The van der Waals surface area contributed by atoms with Crippen LogP contribution < -0.4 is 10.5 Å². The third-order valence-corrected chi connectivity index (χ3v) is 4.49. The molecule has 0 amide bonds. The molecule has 0 saturated carbocycles. The fraction of sp³-hybridized carbons (Fsp3) is 0.278. The van der Waals surface area contributed by atoms with E-state index in [4.69, 9.17) is 10.5 Å². The van der Waals surface area contributed by atoms with E-state index in [9.17, 15) is 0 Å². The Kier molecular flexibility index (Phi) is 3.42. The van der Waals surface area contributed by atoms with E-state index in [1.54, 1.807) is 7.11 Å². The fourth-order valence-electron chi connectivity index (χ4n) is 3.01. The third-order valence-electron chi connectivity index (χ3n) is 4.49. The van der Waals surface area contributed by atoms with Crippen molar-refractivity contribution >= 4 is 11.5 Å². The van der Waals surface area contributed by atoms with E-state index in [1.807, 2.05) is 18.2 Å². The lowest BCUT2D eigenvalue weighted by molar-refractivity contribution is -0.432. The lowest BCUT2D eigenvalue weighted by atomic mass is 9.80. The standard InChI is InChI=1S/C18H20N2O/c1-18(14-6-4-3-5-7-14)12-13-20(17(18)19)15-8-10-16(21-2)11-9-15/h3-11,19H,12-13H2,1-2H3/p+1. The lowest BCUT2D eigenvalue weighted by Crippen LogP contribution is -2.37. The molecule has 0 spiro atoms. The van der Waals surface area contributed by atoms with Crippen LogP contribution in [0.4, 0.5) is 5.69 Å². The summed E-state index contributed by atoms with van der Waals surface area (Å²) in [7, 11) is 1.68. The second-order valence-electron chi connectivity index (χ2n) is 5.68. The van der Waals surface area contributed by atoms with E-state index in [0.717, 1.165) is 30.2 Å². The molecule has 108 valence electrons. The van der Waals surface area contributed by atoms with Crippen molar-refractivity contribution in [2.75, 3.05) is 13.7 Å². The number of hydrogen-bond donors (Lipinski definition) is 1. The van der Waals surface area contributed by atoms with Gasteiger partial charge < -0.3 is 4.74 Å². The highest BCUT2D eigenvalue weighted by molar-refractivity contribution is 5.89. The zero-order valence-corrected chi connectivity index (χ0v) is 12.5. The van der Waals surface area contributed by atoms with Crippen LogP contribution in [0.15, 0.2) is 54.6 Å². The summed E-state index contributed by atoms with van der Waals surface area (Å²) in [4.78, 5) is 0. The van der Waals surface area contributed by atoms with Crippen LogP contribution in [0.2, 0.25) is 0 Å². The van der Waals surface area contributed by atoms with Gasteiger partial charge in [-0.3, -0.25) is 5.73 Å². The molecule has 3 nitrogen and oxygen atoms in total. The molecule has 0 saturated heterocycles.